The fourth-order valence-corrected chi connectivity index (χ4v) is 1.99. The van der Waals surface area contributed by atoms with Crippen LogP contribution in [0.1, 0.15) is 6.92 Å². The molecule has 2 aromatic carbocycles. The zero-order valence-corrected chi connectivity index (χ0v) is 11.8. The van der Waals surface area contributed by atoms with Crippen molar-refractivity contribution in [3.8, 4) is 22.6 Å². The van der Waals surface area contributed by atoms with Gasteiger partial charge < -0.3 is 14.8 Å². The molecule has 2 aromatic rings. The number of carbonyl (C=O) groups excluding carboxylic acids is 1. The first-order valence-electron chi connectivity index (χ1n) is 6.24. The van der Waals surface area contributed by atoms with Gasteiger partial charge in [-0.3, -0.25) is 4.79 Å². The van der Waals surface area contributed by atoms with Crippen LogP contribution in [0.25, 0.3) is 11.1 Å². The molecule has 0 aromatic heterocycles. The number of nitrogens with one attached hydrogen (secondary N) is 1. The maximum atomic E-state index is 11.1. The molecule has 1 amide bonds. The summed E-state index contributed by atoms with van der Waals surface area (Å²) in [7, 11) is 3.26. The fourth-order valence-electron chi connectivity index (χ4n) is 1.99. The Hall–Kier alpha value is -2.49. The second-order valence-corrected chi connectivity index (χ2v) is 4.32. The molecular formula is C16H17NO3. The van der Waals surface area contributed by atoms with Crippen molar-refractivity contribution in [1.29, 1.82) is 0 Å². The first kappa shape index (κ1) is 13.9. The maximum Gasteiger partial charge on any atom is 0.221 e. The van der Waals surface area contributed by atoms with E-state index in [2.05, 4.69) is 5.32 Å². The van der Waals surface area contributed by atoms with Crippen LogP contribution in [0.2, 0.25) is 0 Å². The Kier molecular flexibility index (Phi) is 4.25. The topological polar surface area (TPSA) is 47.6 Å². The summed E-state index contributed by atoms with van der Waals surface area (Å²) >= 11 is 0. The highest BCUT2D eigenvalue weighted by atomic mass is 16.5. The number of rotatable bonds is 4. The van der Waals surface area contributed by atoms with Crippen LogP contribution in [0.4, 0.5) is 5.69 Å². The number of amides is 1. The highest BCUT2D eigenvalue weighted by Crippen LogP contribution is 2.33. The number of hydrogen-bond acceptors (Lipinski definition) is 3. The van der Waals surface area contributed by atoms with E-state index in [4.69, 9.17) is 9.47 Å². The standard InChI is InChI=1S/C16H17NO3/c1-11(18)17-13-6-9-16(20-3)15(10-13)12-4-7-14(19-2)8-5-12/h4-10H,1-3H3,(H,17,18). The largest absolute Gasteiger partial charge is 0.497 e. The monoisotopic (exact) mass is 271 g/mol. The average molecular weight is 271 g/mol. The van der Waals surface area contributed by atoms with Crippen molar-refractivity contribution < 1.29 is 14.3 Å². The van der Waals surface area contributed by atoms with Crippen molar-refractivity contribution >= 4 is 11.6 Å². The molecule has 20 heavy (non-hydrogen) atoms. The van der Waals surface area contributed by atoms with Crippen molar-refractivity contribution in [2.45, 2.75) is 6.92 Å². The van der Waals surface area contributed by atoms with Gasteiger partial charge in [0.25, 0.3) is 0 Å². The van der Waals surface area contributed by atoms with Crippen LogP contribution in [0.5, 0.6) is 11.5 Å². The molecule has 104 valence electrons. The molecule has 0 aliphatic heterocycles. The minimum atomic E-state index is -0.101. The molecule has 0 atom stereocenters. The highest BCUT2D eigenvalue weighted by Gasteiger charge is 2.08. The van der Waals surface area contributed by atoms with Crippen LogP contribution < -0.4 is 14.8 Å². The minimum absolute atomic E-state index is 0.101. The van der Waals surface area contributed by atoms with E-state index in [1.165, 1.54) is 6.92 Å². The van der Waals surface area contributed by atoms with Gasteiger partial charge in [-0.15, -0.1) is 0 Å². The molecule has 0 saturated heterocycles. The second kappa shape index (κ2) is 6.10. The fraction of sp³-hybridized carbons (Fsp3) is 0.188. The minimum Gasteiger partial charge on any atom is -0.497 e. The molecule has 0 saturated carbocycles. The summed E-state index contributed by atoms with van der Waals surface area (Å²) in [5.74, 6) is 1.45. The van der Waals surface area contributed by atoms with E-state index in [1.54, 1.807) is 14.2 Å². The number of hydrogen-bond donors (Lipinski definition) is 1. The summed E-state index contributed by atoms with van der Waals surface area (Å²) in [4.78, 5) is 11.1. The van der Waals surface area contributed by atoms with Crippen LogP contribution in [0, 0.1) is 0 Å². The molecule has 0 radical (unpaired) electrons. The summed E-state index contributed by atoms with van der Waals surface area (Å²) in [6.07, 6.45) is 0. The van der Waals surface area contributed by atoms with Gasteiger partial charge in [-0.2, -0.15) is 0 Å². The molecule has 0 aliphatic rings. The number of benzene rings is 2. The van der Waals surface area contributed by atoms with Gasteiger partial charge in [0.1, 0.15) is 11.5 Å². The molecule has 4 nitrogen and oxygen atoms in total. The molecule has 0 aliphatic carbocycles. The van der Waals surface area contributed by atoms with Gasteiger partial charge in [0.05, 0.1) is 14.2 Å². The van der Waals surface area contributed by atoms with Crippen molar-refractivity contribution in [1.82, 2.24) is 0 Å². The average Bonchev–Trinajstić information content (AvgIpc) is 2.46. The highest BCUT2D eigenvalue weighted by molar-refractivity contribution is 5.90. The summed E-state index contributed by atoms with van der Waals surface area (Å²) in [6, 6.07) is 13.2. The first-order valence-corrected chi connectivity index (χ1v) is 6.24. The number of ether oxygens (including phenoxy) is 2. The summed E-state index contributed by atoms with van der Waals surface area (Å²) in [5.41, 5.74) is 2.65. The molecule has 4 heteroatoms. The molecule has 0 unspecified atom stereocenters. The van der Waals surface area contributed by atoms with Crippen LogP contribution in [0.3, 0.4) is 0 Å². The number of methoxy groups -OCH3 is 2. The number of carbonyl (C=O) groups is 1. The van der Waals surface area contributed by atoms with Crippen LogP contribution >= 0.6 is 0 Å². The Morgan fingerprint density at radius 1 is 1.00 bits per heavy atom. The van der Waals surface area contributed by atoms with Crippen molar-refractivity contribution in [3.63, 3.8) is 0 Å². The van der Waals surface area contributed by atoms with Crippen molar-refractivity contribution in [2.24, 2.45) is 0 Å². The summed E-state index contributed by atoms with van der Waals surface area (Å²) < 4.78 is 10.5. The quantitative estimate of drug-likeness (QED) is 0.927. The Labute approximate surface area is 118 Å². The lowest BCUT2D eigenvalue weighted by Crippen LogP contribution is -2.05. The van der Waals surface area contributed by atoms with E-state index in [0.29, 0.717) is 0 Å². The molecule has 0 spiro atoms. The molecule has 0 bridgehead atoms. The first-order chi connectivity index (χ1) is 9.63. The predicted molar refractivity (Wildman–Crippen MR) is 79.3 cm³/mol. The third-order valence-electron chi connectivity index (χ3n) is 2.92. The van der Waals surface area contributed by atoms with Crippen LogP contribution in [-0.2, 0) is 4.79 Å². The van der Waals surface area contributed by atoms with E-state index in [-0.39, 0.29) is 5.91 Å². The van der Waals surface area contributed by atoms with Crippen molar-refractivity contribution in [2.75, 3.05) is 19.5 Å². The smallest absolute Gasteiger partial charge is 0.221 e. The van der Waals surface area contributed by atoms with Gasteiger partial charge in [0.2, 0.25) is 5.91 Å². The molecular weight excluding hydrogens is 254 g/mol. The Morgan fingerprint density at radius 2 is 1.70 bits per heavy atom. The molecule has 1 N–H and O–H groups in total. The Morgan fingerprint density at radius 3 is 2.25 bits per heavy atom. The second-order valence-electron chi connectivity index (χ2n) is 4.32. The SMILES string of the molecule is COc1ccc(-c2cc(NC(C)=O)ccc2OC)cc1. The lowest BCUT2D eigenvalue weighted by atomic mass is 10.0. The Bertz CT molecular complexity index is 606. The van der Waals surface area contributed by atoms with E-state index in [9.17, 15) is 4.79 Å². The lowest BCUT2D eigenvalue weighted by molar-refractivity contribution is -0.114. The molecule has 0 heterocycles. The van der Waals surface area contributed by atoms with Gasteiger partial charge in [-0.25, -0.2) is 0 Å². The van der Waals surface area contributed by atoms with E-state index < -0.39 is 0 Å². The molecule has 2 rings (SSSR count). The normalized spacial score (nSPS) is 9.95. The number of anilines is 1. The maximum absolute atomic E-state index is 11.1. The van der Waals surface area contributed by atoms with Gasteiger partial charge in [0.15, 0.2) is 0 Å². The van der Waals surface area contributed by atoms with E-state index in [1.807, 2.05) is 42.5 Å². The van der Waals surface area contributed by atoms with Gasteiger partial charge in [-0.05, 0) is 35.9 Å². The third-order valence-corrected chi connectivity index (χ3v) is 2.92. The summed E-state index contributed by atoms with van der Waals surface area (Å²) in [5, 5.41) is 2.77. The lowest BCUT2D eigenvalue weighted by Gasteiger charge is -2.12. The predicted octanol–water partition coefficient (Wildman–Crippen LogP) is 3.33. The van der Waals surface area contributed by atoms with Gasteiger partial charge in [0, 0.05) is 18.2 Å². The molecule has 0 fully saturated rings. The van der Waals surface area contributed by atoms with E-state index >= 15 is 0 Å². The summed E-state index contributed by atoms with van der Waals surface area (Å²) in [6.45, 7) is 1.48. The van der Waals surface area contributed by atoms with Crippen molar-refractivity contribution in [3.05, 3.63) is 42.5 Å². The Balaban J connectivity index is 2.43. The van der Waals surface area contributed by atoms with Crippen LogP contribution in [0.15, 0.2) is 42.5 Å². The zero-order chi connectivity index (χ0) is 14.5. The van der Waals surface area contributed by atoms with Crippen LogP contribution in [-0.4, -0.2) is 20.1 Å². The van der Waals surface area contributed by atoms with E-state index in [0.717, 1.165) is 28.3 Å². The third kappa shape index (κ3) is 3.09. The zero-order valence-electron chi connectivity index (χ0n) is 11.8. The van der Waals surface area contributed by atoms with Gasteiger partial charge in [-0.1, -0.05) is 12.1 Å². The van der Waals surface area contributed by atoms with Gasteiger partial charge >= 0.3 is 0 Å².